The van der Waals surface area contributed by atoms with Gasteiger partial charge in [-0.15, -0.1) is 0 Å². The highest BCUT2D eigenvalue weighted by atomic mass is 32.2. The first-order valence-electron chi connectivity index (χ1n) is 10.3. The molecule has 1 atom stereocenters. The molecule has 6 nitrogen and oxygen atoms in total. The molecule has 7 heteroatoms. The number of rotatable bonds is 7. The van der Waals surface area contributed by atoms with Crippen LogP contribution in [0.5, 0.6) is 0 Å². The minimum Gasteiger partial charge on any atom is -0.352 e. The maximum Gasteiger partial charge on any atom is 0.230 e. The van der Waals surface area contributed by atoms with Gasteiger partial charge >= 0.3 is 0 Å². The lowest BCUT2D eigenvalue weighted by Crippen LogP contribution is -2.36. The molecule has 2 aliphatic rings. The lowest BCUT2D eigenvalue weighted by atomic mass is 10.1. The van der Waals surface area contributed by atoms with E-state index >= 15 is 0 Å². The van der Waals surface area contributed by atoms with Crippen molar-refractivity contribution < 1.29 is 18.0 Å². The number of hydrogen-bond donors (Lipinski definition) is 1. The number of carbonyl (C=O) groups excluding carboxylic acids is 2. The van der Waals surface area contributed by atoms with Gasteiger partial charge in [0.1, 0.15) is 0 Å². The lowest BCUT2D eigenvalue weighted by Gasteiger charge is -2.22. The molecule has 0 aromatic heterocycles. The van der Waals surface area contributed by atoms with Crippen molar-refractivity contribution in [3.8, 4) is 0 Å². The van der Waals surface area contributed by atoms with Gasteiger partial charge < -0.3 is 10.2 Å². The Morgan fingerprint density at radius 1 is 1.10 bits per heavy atom. The molecule has 4 rings (SSSR count). The van der Waals surface area contributed by atoms with Crippen LogP contribution < -0.4 is 10.2 Å². The van der Waals surface area contributed by atoms with E-state index < -0.39 is 9.84 Å². The number of sulfone groups is 1. The molecule has 2 amide bonds. The predicted octanol–water partition coefficient (Wildman–Crippen LogP) is 2.85. The van der Waals surface area contributed by atoms with Crippen LogP contribution >= 0.6 is 0 Å². The Morgan fingerprint density at radius 2 is 1.83 bits per heavy atom. The summed E-state index contributed by atoms with van der Waals surface area (Å²) in [6.07, 6.45) is 2.44. The average molecular weight is 427 g/mol. The summed E-state index contributed by atoms with van der Waals surface area (Å²) < 4.78 is 25.5. The molecule has 2 aromatic rings. The van der Waals surface area contributed by atoms with Crippen LogP contribution in [0.4, 0.5) is 5.69 Å². The third-order valence-corrected chi connectivity index (χ3v) is 7.43. The summed E-state index contributed by atoms with van der Waals surface area (Å²) in [6, 6.07) is 14.5. The number of hydrogen-bond acceptors (Lipinski definition) is 4. The first kappa shape index (κ1) is 20.6. The molecular formula is C23H26N2O4S. The molecule has 1 fully saturated rings. The van der Waals surface area contributed by atoms with E-state index in [1.807, 2.05) is 42.2 Å². The van der Waals surface area contributed by atoms with Gasteiger partial charge in [0.05, 0.1) is 10.6 Å². The molecule has 30 heavy (non-hydrogen) atoms. The Hall–Kier alpha value is -2.67. The maximum atomic E-state index is 12.8. The quantitative estimate of drug-likeness (QED) is 0.738. The molecular weight excluding hydrogens is 400 g/mol. The molecule has 0 radical (unpaired) electrons. The van der Waals surface area contributed by atoms with Gasteiger partial charge in [-0.1, -0.05) is 30.3 Å². The molecule has 0 spiro atoms. The number of carbonyl (C=O) groups is 2. The number of nitrogens with one attached hydrogen (secondary N) is 1. The van der Waals surface area contributed by atoms with E-state index in [0.717, 1.165) is 29.7 Å². The van der Waals surface area contributed by atoms with E-state index in [-0.39, 0.29) is 40.8 Å². The second-order valence-electron chi connectivity index (χ2n) is 8.16. The number of anilines is 1. The van der Waals surface area contributed by atoms with Crippen LogP contribution in [0.15, 0.2) is 53.4 Å². The number of fused-ring (bicyclic) bond motifs is 1. The highest BCUT2D eigenvalue weighted by Crippen LogP contribution is 2.39. The van der Waals surface area contributed by atoms with Gasteiger partial charge in [-0.25, -0.2) is 8.42 Å². The molecule has 1 N–H and O–H groups in total. The SMILES string of the molecule is CC1Cc2cc(S(=O)(=O)CCC(=O)NCc3ccccc3)ccc2N1C(=O)C1CC1. The van der Waals surface area contributed by atoms with Gasteiger partial charge in [0.25, 0.3) is 0 Å². The third-order valence-electron chi connectivity index (χ3n) is 5.72. The van der Waals surface area contributed by atoms with E-state index in [2.05, 4.69) is 5.32 Å². The summed E-state index contributed by atoms with van der Waals surface area (Å²) in [5, 5.41) is 2.76. The Kier molecular flexibility index (Phi) is 5.64. The Bertz CT molecular complexity index is 1060. The Morgan fingerprint density at radius 3 is 2.53 bits per heavy atom. The molecule has 2 aromatic carbocycles. The van der Waals surface area contributed by atoms with Crippen molar-refractivity contribution in [2.45, 2.75) is 50.1 Å². The molecule has 1 unspecified atom stereocenters. The Labute approximate surface area is 177 Å². The Balaban J connectivity index is 1.39. The van der Waals surface area contributed by atoms with E-state index in [1.165, 1.54) is 0 Å². The molecule has 158 valence electrons. The van der Waals surface area contributed by atoms with Crippen LogP contribution in [0.1, 0.15) is 37.3 Å². The zero-order valence-electron chi connectivity index (χ0n) is 17.0. The molecule has 1 heterocycles. The van der Waals surface area contributed by atoms with Crippen molar-refractivity contribution in [2.24, 2.45) is 5.92 Å². The fraction of sp³-hybridized carbons (Fsp3) is 0.391. The first-order valence-corrected chi connectivity index (χ1v) is 12.0. The van der Waals surface area contributed by atoms with Crippen molar-refractivity contribution in [1.29, 1.82) is 0 Å². The van der Waals surface area contributed by atoms with Gasteiger partial charge in [-0.2, -0.15) is 0 Å². The maximum absolute atomic E-state index is 12.8. The molecule has 0 bridgehead atoms. The van der Waals surface area contributed by atoms with Crippen LogP contribution in [-0.4, -0.2) is 32.0 Å². The highest BCUT2D eigenvalue weighted by molar-refractivity contribution is 7.91. The fourth-order valence-corrected chi connectivity index (χ4v) is 5.18. The standard InChI is InChI=1S/C23H26N2O4S/c1-16-13-19-14-20(9-10-21(19)25(16)23(27)18-7-8-18)30(28,29)12-11-22(26)24-15-17-5-3-2-4-6-17/h2-6,9-10,14,16,18H,7-8,11-13,15H2,1H3,(H,24,26). The number of amides is 2. The molecule has 0 saturated heterocycles. The van der Waals surface area contributed by atoms with E-state index in [0.29, 0.717) is 13.0 Å². The topological polar surface area (TPSA) is 83.6 Å². The largest absolute Gasteiger partial charge is 0.352 e. The van der Waals surface area contributed by atoms with Gasteiger partial charge in [0.2, 0.25) is 11.8 Å². The summed E-state index contributed by atoms with van der Waals surface area (Å²) in [4.78, 5) is 26.7. The van der Waals surface area contributed by atoms with Gasteiger partial charge in [-0.05, 0) is 55.5 Å². The second-order valence-corrected chi connectivity index (χ2v) is 10.3. The minimum atomic E-state index is -3.58. The van der Waals surface area contributed by atoms with Crippen LogP contribution in [0.25, 0.3) is 0 Å². The van der Waals surface area contributed by atoms with E-state index in [9.17, 15) is 18.0 Å². The molecule has 1 aliphatic heterocycles. The monoisotopic (exact) mass is 426 g/mol. The van der Waals surface area contributed by atoms with Crippen LogP contribution in [0, 0.1) is 5.92 Å². The van der Waals surface area contributed by atoms with Crippen molar-refractivity contribution in [1.82, 2.24) is 5.32 Å². The zero-order valence-corrected chi connectivity index (χ0v) is 17.8. The van der Waals surface area contributed by atoms with Gasteiger partial charge in [0, 0.05) is 30.6 Å². The van der Waals surface area contributed by atoms with Crippen LogP contribution in [0.2, 0.25) is 0 Å². The van der Waals surface area contributed by atoms with Crippen molar-refractivity contribution >= 4 is 27.3 Å². The number of nitrogens with zero attached hydrogens (tertiary/aromatic N) is 1. The zero-order chi connectivity index (χ0) is 21.3. The second kappa shape index (κ2) is 8.22. The molecule has 1 saturated carbocycles. The first-order chi connectivity index (χ1) is 14.3. The predicted molar refractivity (Wildman–Crippen MR) is 115 cm³/mol. The van der Waals surface area contributed by atoms with E-state index in [1.54, 1.807) is 18.2 Å². The minimum absolute atomic E-state index is 0.0369. The van der Waals surface area contributed by atoms with Crippen LogP contribution in [0.3, 0.4) is 0 Å². The van der Waals surface area contributed by atoms with Crippen LogP contribution in [-0.2, 0) is 32.4 Å². The number of benzene rings is 2. The summed E-state index contributed by atoms with van der Waals surface area (Å²) >= 11 is 0. The average Bonchev–Trinajstić information content (AvgIpc) is 3.53. The van der Waals surface area contributed by atoms with Gasteiger partial charge in [0.15, 0.2) is 9.84 Å². The van der Waals surface area contributed by atoms with E-state index in [4.69, 9.17) is 0 Å². The lowest BCUT2D eigenvalue weighted by molar-refractivity contribution is -0.121. The van der Waals surface area contributed by atoms with Crippen molar-refractivity contribution in [3.05, 3.63) is 59.7 Å². The van der Waals surface area contributed by atoms with Crippen molar-refractivity contribution in [3.63, 3.8) is 0 Å². The fourth-order valence-electron chi connectivity index (χ4n) is 3.89. The summed E-state index contributed by atoms with van der Waals surface area (Å²) in [5.74, 6) is -0.270. The molecule has 1 aliphatic carbocycles. The summed E-state index contributed by atoms with van der Waals surface area (Å²) in [6.45, 7) is 2.37. The normalized spacial score (nSPS) is 18.2. The summed E-state index contributed by atoms with van der Waals surface area (Å²) in [7, 11) is -3.58. The third kappa shape index (κ3) is 4.41. The highest BCUT2D eigenvalue weighted by Gasteiger charge is 2.39. The smallest absolute Gasteiger partial charge is 0.230 e. The van der Waals surface area contributed by atoms with Gasteiger partial charge in [-0.3, -0.25) is 9.59 Å². The van der Waals surface area contributed by atoms with Crippen molar-refractivity contribution in [2.75, 3.05) is 10.7 Å². The summed E-state index contributed by atoms with van der Waals surface area (Å²) in [5.41, 5.74) is 2.66.